The quantitative estimate of drug-likeness (QED) is 0.743. The number of likely N-dealkylation sites (tertiary alicyclic amines) is 1. The Balaban J connectivity index is 1.90. The summed E-state index contributed by atoms with van der Waals surface area (Å²) in [4.78, 5) is 17.9. The number of carbonyl (C=O) groups excluding carboxylic acids is 1. The minimum atomic E-state index is -0.140. The number of rotatable bonds is 6. The van der Waals surface area contributed by atoms with E-state index in [0.717, 1.165) is 25.2 Å². The summed E-state index contributed by atoms with van der Waals surface area (Å²) in [5.41, 5.74) is 1.13. The zero-order chi connectivity index (χ0) is 14.4. The van der Waals surface area contributed by atoms with E-state index < -0.39 is 0 Å². The van der Waals surface area contributed by atoms with Gasteiger partial charge in [0, 0.05) is 57.7 Å². The summed E-state index contributed by atoms with van der Waals surface area (Å²) >= 11 is 0. The number of aromatic nitrogens is 1. The molecule has 0 aliphatic carbocycles. The molecule has 0 radical (unpaired) electrons. The summed E-state index contributed by atoms with van der Waals surface area (Å²) < 4.78 is 4.81. The number of amides is 1. The summed E-state index contributed by atoms with van der Waals surface area (Å²) in [5.74, 6) is -0.0772. The molecule has 1 aromatic heterocycles. The predicted octanol–water partition coefficient (Wildman–Crippen LogP) is -0.363. The number of pyridine rings is 1. The Morgan fingerprint density at radius 2 is 2.45 bits per heavy atom. The molecule has 1 aliphatic rings. The van der Waals surface area contributed by atoms with E-state index in [1.165, 1.54) is 7.11 Å². The maximum absolute atomic E-state index is 11.6. The minimum Gasteiger partial charge on any atom is -0.396 e. The van der Waals surface area contributed by atoms with Crippen LogP contribution in [0, 0.1) is 5.92 Å². The molecule has 0 spiro atoms. The highest BCUT2D eigenvalue weighted by atomic mass is 16.5. The molecule has 6 nitrogen and oxygen atoms in total. The fourth-order valence-corrected chi connectivity index (χ4v) is 2.57. The summed E-state index contributed by atoms with van der Waals surface area (Å²) in [7, 11) is 1.49. The molecular formula is C14H21N3O3. The molecule has 2 heterocycles. The van der Waals surface area contributed by atoms with Crippen LogP contribution in [0.2, 0.25) is 0 Å². The first-order valence-corrected chi connectivity index (χ1v) is 6.73. The highest BCUT2D eigenvalue weighted by Crippen LogP contribution is 2.18. The van der Waals surface area contributed by atoms with Gasteiger partial charge in [-0.3, -0.25) is 14.7 Å². The molecule has 0 aromatic carbocycles. The third-order valence-corrected chi connectivity index (χ3v) is 3.50. The Morgan fingerprint density at radius 3 is 3.10 bits per heavy atom. The second-order valence-electron chi connectivity index (χ2n) is 5.11. The normalized spacial score (nSPS) is 22.9. The van der Waals surface area contributed by atoms with Gasteiger partial charge in [-0.2, -0.15) is 0 Å². The van der Waals surface area contributed by atoms with Crippen molar-refractivity contribution < 1.29 is 14.6 Å². The lowest BCUT2D eigenvalue weighted by Gasteiger charge is -2.17. The van der Waals surface area contributed by atoms with Crippen LogP contribution in [0.5, 0.6) is 0 Å². The lowest BCUT2D eigenvalue weighted by atomic mass is 10.1. The zero-order valence-electron chi connectivity index (χ0n) is 11.7. The van der Waals surface area contributed by atoms with Crippen LogP contribution in [0.15, 0.2) is 24.5 Å². The molecule has 1 aliphatic heterocycles. The van der Waals surface area contributed by atoms with Gasteiger partial charge in [0.05, 0.1) is 0 Å². The van der Waals surface area contributed by atoms with Gasteiger partial charge >= 0.3 is 0 Å². The molecule has 1 amide bonds. The van der Waals surface area contributed by atoms with Gasteiger partial charge in [0.2, 0.25) is 5.91 Å². The highest BCUT2D eigenvalue weighted by Gasteiger charge is 2.33. The Bertz CT molecular complexity index is 427. The Hall–Kier alpha value is -1.50. The van der Waals surface area contributed by atoms with E-state index >= 15 is 0 Å². The molecule has 6 heteroatoms. The molecule has 2 N–H and O–H groups in total. The van der Waals surface area contributed by atoms with Gasteiger partial charge in [-0.05, 0) is 11.6 Å². The van der Waals surface area contributed by atoms with Crippen molar-refractivity contribution in [3.63, 3.8) is 0 Å². The third-order valence-electron chi connectivity index (χ3n) is 3.50. The van der Waals surface area contributed by atoms with Crippen molar-refractivity contribution in [2.75, 3.05) is 33.4 Å². The maximum Gasteiger partial charge on any atom is 0.246 e. The molecule has 1 fully saturated rings. The van der Waals surface area contributed by atoms with Gasteiger partial charge in [-0.1, -0.05) is 6.07 Å². The van der Waals surface area contributed by atoms with Crippen molar-refractivity contribution in [1.29, 1.82) is 0 Å². The molecular weight excluding hydrogens is 258 g/mol. The Kier molecular flexibility index (Phi) is 5.46. The topological polar surface area (TPSA) is 74.7 Å². The predicted molar refractivity (Wildman–Crippen MR) is 73.9 cm³/mol. The number of hydrogen-bond acceptors (Lipinski definition) is 5. The van der Waals surface area contributed by atoms with E-state index in [2.05, 4.69) is 15.2 Å². The van der Waals surface area contributed by atoms with E-state index in [0.29, 0.717) is 0 Å². The largest absolute Gasteiger partial charge is 0.396 e. The molecule has 0 bridgehead atoms. The second-order valence-corrected chi connectivity index (χ2v) is 5.11. The highest BCUT2D eigenvalue weighted by molar-refractivity contribution is 5.77. The number of methoxy groups -OCH3 is 1. The number of aliphatic hydroxyl groups excluding tert-OH is 1. The van der Waals surface area contributed by atoms with Crippen LogP contribution in [0.4, 0.5) is 0 Å². The fraction of sp³-hybridized carbons (Fsp3) is 0.571. The summed E-state index contributed by atoms with van der Waals surface area (Å²) in [6.07, 6.45) is 3.59. The SMILES string of the molecule is COCC(=O)N[C@@H]1CN(Cc2cccnc2)C[C@H]1CO. The van der Waals surface area contributed by atoms with Crippen molar-refractivity contribution in [3.05, 3.63) is 30.1 Å². The molecule has 1 aromatic rings. The lowest BCUT2D eigenvalue weighted by molar-refractivity contribution is -0.125. The van der Waals surface area contributed by atoms with Crippen molar-refractivity contribution in [1.82, 2.24) is 15.2 Å². The van der Waals surface area contributed by atoms with Gasteiger partial charge in [0.1, 0.15) is 6.61 Å². The molecule has 0 unspecified atom stereocenters. The van der Waals surface area contributed by atoms with E-state index in [1.807, 2.05) is 18.3 Å². The van der Waals surface area contributed by atoms with Crippen molar-refractivity contribution in [2.45, 2.75) is 12.6 Å². The second kappa shape index (κ2) is 7.33. The standard InChI is InChI=1S/C14H21N3O3/c1-20-10-14(19)16-13-8-17(7-12(13)9-18)6-11-3-2-4-15-5-11/h2-5,12-13,18H,6-10H2,1H3,(H,16,19)/t12-,13+/m0/s1. The molecule has 1 saturated heterocycles. The molecule has 0 saturated carbocycles. The van der Waals surface area contributed by atoms with Crippen LogP contribution in [0.3, 0.4) is 0 Å². The van der Waals surface area contributed by atoms with Gasteiger partial charge in [0.25, 0.3) is 0 Å². The molecule has 2 rings (SSSR count). The number of carbonyl (C=O) groups is 1. The van der Waals surface area contributed by atoms with Gasteiger partial charge in [-0.25, -0.2) is 0 Å². The van der Waals surface area contributed by atoms with Crippen LogP contribution in [-0.4, -0.2) is 60.4 Å². The van der Waals surface area contributed by atoms with E-state index in [4.69, 9.17) is 4.74 Å². The lowest BCUT2D eigenvalue weighted by Crippen LogP contribution is -2.43. The van der Waals surface area contributed by atoms with Crippen LogP contribution >= 0.6 is 0 Å². The van der Waals surface area contributed by atoms with E-state index in [9.17, 15) is 9.90 Å². The first-order valence-electron chi connectivity index (χ1n) is 6.73. The smallest absolute Gasteiger partial charge is 0.246 e. The number of nitrogens with zero attached hydrogens (tertiary/aromatic N) is 2. The van der Waals surface area contributed by atoms with Gasteiger partial charge < -0.3 is 15.2 Å². The number of aliphatic hydroxyl groups is 1. The molecule has 20 heavy (non-hydrogen) atoms. The van der Waals surface area contributed by atoms with Crippen molar-refractivity contribution in [2.24, 2.45) is 5.92 Å². The number of ether oxygens (including phenoxy) is 1. The van der Waals surface area contributed by atoms with Crippen LogP contribution < -0.4 is 5.32 Å². The number of hydrogen-bond donors (Lipinski definition) is 2. The van der Waals surface area contributed by atoms with Gasteiger partial charge in [0.15, 0.2) is 0 Å². The summed E-state index contributed by atoms with van der Waals surface area (Å²) in [6.45, 7) is 2.40. The number of nitrogens with one attached hydrogen (secondary N) is 1. The Labute approximate surface area is 118 Å². The summed E-state index contributed by atoms with van der Waals surface area (Å²) in [6, 6.07) is 3.91. The van der Waals surface area contributed by atoms with Gasteiger partial charge in [-0.15, -0.1) is 0 Å². The monoisotopic (exact) mass is 279 g/mol. The first-order chi connectivity index (χ1) is 9.72. The Morgan fingerprint density at radius 1 is 1.60 bits per heavy atom. The summed E-state index contributed by atoms with van der Waals surface area (Å²) in [5, 5.41) is 12.4. The molecule has 110 valence electrons. The van der Waals surface area contributed by atoms with Crippen LogP contribution in [0.25, 0.3) is 0 Å². The van der Waals surface area contributed by atoms with E-state index in [1.54, 1.807) is 6.20 Å². The van der Waals surface area contributed by atoms with Crippen molar-refractivity contribution in [3.8, 4) is 0 Å². The minimum absolute atomic E-state index is 0.0284. The third kappa shape index (κ3) is 4.00. The van der Waals surface area contributed by atoms with Crippen LogP contribution in [-0.2, 0) is 16.1 Å². The van der Waals surface area contributed by atoms with E-state index in [-0.39, 0.29) is 31.1 Å². The van der Waals surface area contributed by atoms with Crippen molar-refractivity contribution >= 4 is 5.91 Å². The first kappa shape index (κ1) is 14.9. The fourth-order valence-electron chi connectivity index (χ4n) is 2.57. The maximum atomic E-state index is 11.6. The van der Waals surface area contributed by atoms with Crippen LogP contribution in [0.1, 0.15) is 5.56 Å². The average molecular weight is 279 g/mol. The zero-order valence-corrected chi connectivity index (χ0v) is 11.7. The average Bonchev–Trinajstić information content (AvgIpc) is 2.82. The molecule has 2 atom stereocenters.